The molecule has 33 heavy (non-hydrogen) atoms. The van der Waals surface area contributed by atoms with Crippen LogP contribution in [-0.4, -0.2) is 29.0 Å². The van der Waals surface area contributed by atoms with Gasteiger partial charge in [-0.15, -0.1) is 5.10 Å². The molecule has 6 nitrogen and oxygen atoms in total. The van der Waals surface area contributed by atoms with E-state index in [0.717, 1.165) is 5.56 Å². The standard InChI is InChI=1S/C24H20ClF2N3O3/c1-31-21-10-3-15(11-22(21)32-2)12-23-28-29-24(30(23)19-8-6-17(26)7-9-19)33-14-16-4-5-18(27)13-20(16)25/h3-11,13H,12,14H2,1-2H3. The van der Waals surface area contributed by atoms with Gasteiger partial charge in [-0.25, -0.2) is 13.3 Å². The van der Waals surface area contributed by atoms with E-state index in [1.54, 1.807) is 43.1 Å². The average molecular weight is 472 g/mol. The normalized spacial score (nSPS) is 10.8. The molecule has 0 saturated carbocycles. The van der Waals surface area contributed by atoms with Gasteiger partial charge >= 0.3 is 6.01 Å². The van der Waals surface area contributed by atoms with Crippen molar-refractivity contribution in [2.45, 2.75) is 13.0 Å². The molecule has 1 aromatic heterocycles. The summed E-state index contributed by atoms with van der Waals surface area (Å²) in [6.07, 6.45) is 0.394. The Kier molecular flexibility index (Phi) is 6.74. The topological polar surface area (TPSA) is 58.4 Å². The van der Waals surface area contributed by atoms with Gasteiger partial charge in [-0.1, -0.05) is 28.8 Å². The van der Waals surface area contributed by atoms with Crippen LogP contribution in [0, 0.1) is 11.6 Å². The van der Waals surface area contributed by atoms with Crippen LogP contribution >= 0.6 is 11.6 Å². The minimum absolute atomic E-state index is 0.0504. The van der Waals surface area contributed by atoms with Crippen LogP contribution in [0.3, 0.4) is 0 Å². The van der Waals surface area contributed by atoms with Gasteiger partial charge in [-0.2, -0.15) is 0 Å². The summed E-state index contributed by atoms with van der Waals surface area (Å²) in [5, 5.41) is 8.70. The lowest BCUT2D eigenvalue weighted by Crippen LogP contribution is -2.07. The maximum absolute atomic E-state index is 13.5. The van der Waals surface area contributed by atoms with Gasteiger partial charge in [0.05, 0.1) is 24.9 Å². The summed E-state index contributed by atoms with van der Waals surface area (Å²) in [6, 6.07) is 15.7. The predicted octanol–water partition coefficient (Wildman–Crippen LogP) is 5.39. The summed E-state index contributed by atoms with van der Waals surface area (Å²) in [6.45, 7) is 0.0504. The van der Waals surface area contributed by atoms with Crippen LogP contribution in [0.1, 0.15) is 17.0 Å². The van der Waals surface area contributed by atoms with Crippen molar-refractivity contribution in [3.05, 3.63) is 94.3 Å². The first-order chi connectivity index (χ1) is 16.0. The van der Waals surface area contributed by atoms with E-state index in [4.69, 9.17) is 25.8 Å². The molecule has 0 radical (unpaired) electrons. The third-order valence-electron chi connectivity index (χ3n) is 4.97. The van der Waals surface area contributed by atoms with Gasteiger partial charge in [-0.3, -0.25) is 0 Å². The molecule has 0 aliphatic heterocycles. The second-order valence-electron chi connectivity index (χ2n) is 7.10. The van der Waals surface area contributed by atoms with E-state index in [2.05, 4.69) is 10.2 Å². The highest BCUT2D eigenvalue weighted by molar-refractivity contribution is 6.31. The predicted molar refractivity (Wildman–Crippen MR) is 119 cm³/mol. The molecule has 0 bridgehead atoms. The first kappa shape index (κ1) is 22.5. The van der Waals surface area contributed by atoms with Crippen molar-refractivity contribution in [3.8, 4) is 23.2 Å². The van der Waals surface area contributed by atoms with Crippen LogP contribution in [0.4, 0.5) is 8.78 Å². The first-order valence-corrected chi connectivity index (χ1v) is 10.3. The SMILES string of the molecule is COc1ccc(Cc2nnc(OCc3ccc(F)cc3Cl)n2-c2ccc(F)cc2)cc1OC. The lowest BCUT2D eigenvalue weighted by molar-refractivity contribution is 0.274. The highest BCUT2D eigenvalue weighted by Gasteiger charge is 2.17. The molecule has 9 heteroatoms. The Morgan fingerprint density at radius 1 is 0.848 bits per heavy atom. The van der Waals surface area contributed by atoms with Crippen LogP contribution in [0.5, 0.6) is 17.5 Å². The quantitative estimate of drug-likeness (QED) is 0.345. The zero-order valence-corrected chi connectivity index (χ0v) is 18.6. The average Bonchev–Trinajstić information content (AvgIpc) is 3.21. The van der Waals surface area contributed by atoms with Crippen LogP contribution < -0.4 is 14.2 Å². The third-order valence-corrected chi connectivity index (χ3v) is 5.32. The number of benzene rings is 3. The van der Waals surface area contributed by atoms with Crippen molar-refractivity contribution in [1.82, 2.24) is 14.8 Å². The van der Waals surface area contributed by atoms with Gasteiger partial charge in [0.25, 0.3) is 0 Å². The number of halogens is 3. The molecule has 0 amide bonds. The molecule has 4 rings (SSSR count). The summed E-state index contributed by atoms with van der Waals surface area (Å²) < 4.78 is 45.1. The molecular formula is C24H20ClF2N3O3. The molecule has 0 atom stereocenters. The van der Waals surface area contributed by atoms with Crippen molar-refractivity contribution in [3.63, 3.8) is 0 Å². The number of methoxy groups -OCH3 is 2. The second kappa shape index (κ2) is 9.87. The molecule has 0 aliphatic carbocycles. The molecule has 3 aromatic carbocycles. The molecule has 0 aliphatic rings. The highest BCUT2D eigenvalue weighted by Crippen LogP contribution is 2.29. The van der Waals surface area contributed by atoms with E-state index >= 15 is 0 Å². The number of aromatic nitrogens is 3. The van der Waals surface area contributed by atoms with E-state index < -0.39 is 5.82 Å². The van der Waals surface area contributed by atoms with Gasteiger partial charge in [0.15, 0.2) is 11.5 Å². The number of hydrogen-bond donors (Lipinski definition) is 0. The molecular weight excluding hydrogens is 452 g/mol. The lowest BCUT2D eigenvalue weighted by Gasteiger charge is -2.13. The van der Waals surface area contributed by atoms with Gasteiger partial charge in [-0.05, 0) is 54.1 Å². The molecule has 1 heterocycles. The smallest absolute Gasteiger partial charge is 0.322 e. The molecule has 0 saturated heterocycles. The summed E-state index contributed by atoms with van der Waals surface area (Å²) in [5.74, 6) is 0.963. The second-order valence-corrected chi connectivity index (χ2v) is 7.51. The minimum Gasteiger partial charge on any atom is -0.493 e. The molecule has 0 spiro atoms. The van der Waals surface area contributed by atoms with Crippen LogP contribution in [0.15, 0.2) is 60.7 Å². The summed E-state index contributed by atoms with van der Waals surface area (Å²) in [4.78, 5) is 0. The Balaban J connectivity index is 1.67. The number of hydrogen-bond acceptors (Lipinski definition) is 5. The van der Waals surface area contributed by atoms with Crippen molar-refractivity contribution in [1.29, 1.82) is 0 Å². The molecule has 170 valence electrons. The van der Waals surface area contributed by atoms with Crippen molar-refractivity contribution < 1.29 is 23.0 Å². The highest BCUT2D eigenvalue weighted by atomic mass is 35.5. The van der Waals surface area contributed by atoms with Crippen molar-refractivity contribution >= 4 is 11.6 Å². The first-order valence-electron chi connectivity index (χ1n) is 9.96. The lowest BCUT2D eigenvalue weighted by atomic mass is 10.1. The van der Waals surface area contributed by atoms with Gasteiger partial charge in [0.1, 0.15) is 24.1 Å². The van der Waals surface area contributed by atoms with Crippen LogP contribution in [-0.2, 0) is 13.0 Å². The number of ether oxygens (including phenoxy) is 3. The fourth-order valence-corrected chi connectivity index (χ4v) is 3.53. The fraction of sp³-hybridized carbons (Fsp3) is 0.167. The van der Waals surface area contributed by atoms with Crippen molar-refractivity contribution in [2.24, 2.45) is 0 Å². The summed E-state index contributed by atoms with van der Waals surface area (Å²) in [5.41, 5.74) is 2.11. The largest absolute Gasteiger partial charge is 0.493 e. The fourth-order valence-electron chi connectivity index (χ4n) is 3.31. The zero-order chi connectivity index (χ0) is 23.4. The van der Waals surface area contributed by atoms with E-state index in [9.17, 15) is 8.78 Å². The van der Waals surface area contributed by atoms with E-state index in [-0.39, 0.29) is 23.5 Å². The van der Waals surface area contributed by atoms with E-state index in [1.807, 2.05) is 12.1 Å². The Hall–Kier alpha value is -3.65. The zero-order valence-electron chi connectivity index (χ0n) is 17.9. The van der Waals surface area contributed by atoms with E-state index in [0.29, 0.717) is 35.0 Å². The molecule has 0 unspecified atom stereocenters. The molecule has 4 aromatic rings. The maximum Gasteiger partial charge on any atom is 0.322 e. The Labute approximate surface area is 194 Å². The maximum atomic E-state index is 13.5. The number of rotatable bonds is 8. The minimum atomic E-state index is -0.435. The van der Waals surface area contributed by atoms with Gasteiger partial charge in [0, 0.05) is 12.0 Å². The third kappa shape index (κ3) is 5.06. The van der Waals surface area contributed by atoms with E-state index in [1.165, 1.54) is 24.3 Å². The Bertz CT molecular complexity index is 1260. The number of nitrogens with zero attached hydrogens (tertiary/aromatic N) is 3. The van der Waals surface area contributed by atoms with Crippen LogP contribution in [0.2, 0.25) is 5.02 Å². The van der Waals surface area contributed by atoms with Gasteiger partial charge < -0.3 is 14.2 Å². The van der Waals surface area contributed by atoms with Crippen molar-refractivity contribution in [2.75, 3.05) is 14.2 Å². The summed E-state index contributed by atoms with van der Waals surface area (Å²) >= 11 is 6.11. The Morgan fingerprint density at radius 2 is 1.58 bits per heavy atom. The summed E-state index contributed by atoms with van der Waals surface area (Å²) in [7, 11) is 3.13. The van der Waals surface area contributed by atoms with Crippen LogP contribution in [0.25, 0.3) is 5.69 Å². The molecule has 0 N–H and O–H groups in total. The monoisotopic (exact) mass is 471 g/mol. The Morgan fingerprint density at radius 3 is 2.27 bits per heavy atom. The molecule has 0 fully saturated rings. The van der Waals surface area contributed by atoms with Gasteiger partial charge in [0.2, 0.25) is 0 Å².